The molecule has 0 atom stereocenters. The normalized spacial score (nSPS) is 10.4. The van der Waals surface area contributed by atoms with Crippen LogP contribution in [0.2, 0.25) is 0 Å². The molecule has 0 aromatic rings. The summed E-state index contributed by atoms with van der Waals surface area (Å²) in [7, 11) is 0. The lowest BCUT2D eigenvalue weighted by Gasteiger charge is -2.01. The Balaban J connectivity index is 2.69. The van der Waals surface area contributed by atoms with Gasteiger partial charge >= 0.3 is 0 Å². The average molecular weight is 381 g/mol. The van der Waals surface area contributed by atoms with Crippen molar-refractivity contribution in [3.05, 3.63) is 0 Å². The van der Waals surface area contributed by atoms with Gasteiger partial charge in [-0.3, -0.25) is 0 Å². The summed E-state index contributed by atoms with van der Waals surface area (Å²) in [5, 5.41) is 3.45. The molecular formula is C8H17I2N. The topological polar surface area (TPSA) is 12.0 Å². The maximum Gasteiger partial charge on any atom is -0.000426 e. The number of nitrogens with one attached hydrogen (secondary N) is 1. The lowest BCUT2D eigenvalue weighted by Crippen LogP contribution is -2.16. The summed E-state index contributed by atoms with van der Waals surface area (Å²) in [5.74, 6) is 0. The van der Waals surface area contributed by atoms with Gasteiger partial charge in [-0.05, 0) is 47.6 Å². The van der Waals surface area contributed by atoms with Crippen LogP contribution >= 0.6 is 45.2 Å². The molecule has 3 heteroatoms. The van der Waals surface area contributed by atoms with Crippen molar-refractivity contribution in [3.63, 3.8) is 0 Å². The summed E-state index contributed by atoms with van der Waals surface area (Å²) in [5.41, 5.74) is 0. The standard InChI is InChI=1S/C8H17I2N/c9-5-1-3-7-11-8-4-2-6-10/h11H,1-8H2. The Kier molecular flexibility index (Phi) is 12.9. The molecule has 1 nitrogen and oxygen atoms in total. The number of halogens is 2. The van der Waals surface area contributed by atoms with Gasteiger partial charge < -0.3 is 5.32 Å². The Bertz CT molecular complexity index is 61.1. The van der Waals surface area contributed by atoms with Gasteiger partial charge in [0, 0.05) is 0 Å². The van der Waals surface area contributed by atoms with Gasteiger partial charge in [-0.1, -0.05) is 45.2 Å². The molecule has 0 saturated heterocycles. The van der Waals surface area contributed by atoms with Crippen molar-refractivity contribution in [1.82, 2.24) is 5.32 Å². The molecule has 0 fully saturated rings. The molecule has 0 amide bonds. The van der Waals surface area contributed by atoms with Crippen molar-refractivity contribution >= 4 is 45.2 Å². The number of hydrogen-bond acceptors (Lipinski definition) is 1. The van der Waals surface area contributed by atoms with Gasteiger partial charge in [0.15, 0.2) is 0 Å². The van der Waals surface area contributed by atoms with Gasteiger partial charge in [-0.2, -0.15) is 0 Å². The second kappa shape index (κ2) is 11.4. The van der Waals surface area contributed by atoms with E-state index in [9.17, 15) is 0 Å². The second-order valence-electron chi connectivity index (χ2n) is 2.54. The monoisotopic (exact) mass is 381 g/mol. The fourth-order valence-electron chi connectivity index (χ4n) is 0.814. The lowest BCUT2D eigenvalue weighted by atomic mass is 10.3. The average Bonchev–Trinajstić information content (AvgIpc) is 2.03. The molecule has 0 heterocycles. The highest BCUT2D eigenvalue weighted by atomic mass is 127. The molecule has 0 aromatic carbocycles. The van der Waals surface area contributed by atoms with Crippen LogP contribution in [-0.2, 0) is 0 Å². The lowest BCUT2D eigenvalue weighted by molar-refractivity contribution is 0.617. The van der Waals surface area contributed by atoms with Crippen molar-refractivity contribution in [1.29, 1.82) is 0 Å². The van der Waals surface area contributed by atoms with E-state index in [1.165, 1.54) is 47.6 Å². The highest BCUT2D eigenvalue weighted by Crippen LogP contribution is 1.94. The maximum atomic E-state index is 3.45. The van der Waals surface area contributed by atoms with Gasteiger partial charge in [0.2, 0.25) is 0 Å². The Labute approximate surface area is 97.4 Å². The molecule has 0 rings (SSSR count). The number of unbranched alkanes of at least 4 members (excludes halogenated alkanes) is 2. The smallest absolute Gasteiger partial charge is 0.000426 e. The molecule has 68 valence electrons. The van der Waals surface area contributed by atoms with E-state index in [1.807, 2.05) is 0 Å². The Morgan fingerprint density at radius 1 is 0.727 bits per heavy atom. The molecular weight excluding hydrogens is 364 g/mol. The molecule has 0 radical (unpaired) electrons. The fraction of sp³-hybridized carbons (Fsp3) is 1.00. The van der Waals surface area contributed by atoms with Crippen LogP contribution in [-0.4, -0.2) is 21.9 Å². The number of rotatable bonds is 8. The Morgan fingerprint density at radius 2 is 1.18 bits per heavy atom. The summed E-state index contributed by atoms with van der Waals surface area (Å²) in [6.45, 7) is 2.43. The van der Waals surface area contributed by atoms with E-state index < -0.39 is 0 Å². The van der Waals surface area contributed by atoms with Crippen molar-refractivity contribution in [2.24, 2.45) is 0 Å². The molecule has 0 aliphatic carbocycles. The molecule has 0 aromatic heterocycles. The van der Waals surface area contributed by atoms with E-state index in [0.29, 0.717) is 0 Å². The van der Waals surface area contributed by atoms with Crippen LogP contribution in [0.1, 0.15) is 25.7 Å². The zero-order chi connectivity index (χ0) is 8.36. The summed E-state index contributed by atoms with van der Waals surface area (Å²) in [6, 6.07) is 0. The van der Waals surface area contributed by atoms with Crippen molar-refractivity contribution < 1.29 is 0 Å². The van der Waals surface area contributed by atoms with Gasteiger partial charge in [0.05, 0.1) is 0 Å². The molecule has 1 N–H and O–H groups in total. The summed E-state index contributed by atoms with van der Waals surface area (Å²) < 4.78 is 2.60. The third-order valence-corrected chi connectivity index (χ3v) is 3.00. The molecule has 0 bridgehead atoms. The summed E-state index contributed by atoms with van der Waals surface area (Å²) in [6.07, 6.45) is 5.40. The zero-order valence-electron chi connectivity index (χ0n) is 6.91. The van der Waals surface area contributed by atoms with Crippen LogP contribution in [0.25, 0.3) is 0 Å². The van der Waals surface area contributed by atoms with Crippen LogP contribution in [0, 0.1) is 0 Å². The first-order valence-electron chi connectivity index (χ1n) is 4.24. The summed E-state index contributed by atoms with van der Waals surface area (Å²) >= 11 is 4.87. The van der Waals surface area contributed by atoms with Crippen LogP contribution in [0.3, 0.4) is 0 Å². The summed E-state index contributed by atoms with van der Waals surface area (Å²) in [4.78, 5) is 0. The molecule has 0 spiro atoms. The molecule has 0 unspecified atom stereocenters. The first-order chi connectivity index (χ1) is 5.41. The van der Waals surface area contributed by atoms with E-state index >= 15 is 0 Å². The van der Waals surface area contributed by atoms with E-state index in [4.69, 9.17) is 0 Å². The van der Waals surface area contributed by atoms with Crippen molar-refractivity contribution in [3.8, 4) is 0 Å². The zero-order valence-corrected chi connectivity index (χ0v) is 11.2. The minimum atomic E-state index is 1.21. The molecule has 11 heavy (non-hydrogen) atoms. The predicted octanol–water partition coefficient (Wildman–Crippen LogP) is 3.01. The molecule has 0 aliphatic heterocycles. The van der Waals surface area contributed by atoms with Gasteiger partial charge in [0.25, 0.3) is 0 Å². The van der Waals surface area contributed by atoms with Crippen molar-refractivity contribution in [2.45, 2.75) is 25.7 Å². The highest BCUT2D eigenvalue weighted by molar-refractivity contribution is 14.1. The quantitative estimate of drug-likeness (QED) is 0.387. The van der Waals surface area contributed by atoms with Gasteiger partial charge in [-0.15, -0.1) is 0 Å². The first-order valence-corrected chi connectivity index (χ1v) is 7.29. The fourth-order valence-corrected chi connectivity index (χ4v) is 1.89. The Hall–Kier alpha value is 1.42. The first kappa shape index (κ1) is 12.4. The van der Waals surface area contributed by atoms with E-state index in [1.54, 1.807) is 0 Å². The minimum Gasteiger partial charge on any atom is -0.317 e. The third-order valence-electron chi connectivity index (χ3n) is 1.47. The van der Waals surface area contributed by atoms with E-state index in [2.05, 4.69) is 50.5 Å². The third kappa shape index (κ3) is 11.4. The number of alkyl halides is 2. The van der Waals surface area contributed by atoms with E-state index in [0.717, 1.165) is 0 Å². The van der Waals surface area contributed by atoms with Gasteiger partial charge in [-0.25, -0.2) is 0 Å². The van der Waals surface area contributed by atoms with Crippen molar-refractivity contribution in [2.75, 3.05) is 21.9 Å². The molecule has 0 saturated carbocycles. The maximum absolute atomic E-state index is 3.45. The SMILES string of the molecule is ICCCCNCCCCI. The Morgan fingerprint density at radius 3 is 1.55 bits per heavy atom. The van der Waals surface area contributed by atoms with Crippen LogP contribution < -0.4 is 5.32 Å². The minimum absolute atomic E-state index is 1.21. The van der Waals surface area contributed by atoms with Gasteiger partial charge in [0.1, 0.15) is 0 Å². The van der Waals surface area contributed by atoms with Crippen LogP contribution in [0.4, 0.5) is 0 Å². The van der Waals surface area contributed by atoms with Crippen LogP contribution in [0.15, 0.2) is 0 Å². The number of hydrogen-bond donors (Lipinski definition) is 1. The van der Waals surface area contributed by atoms with E-state index in [-0.39, 0.29) is 0 Å². The second-order valence-corrected chi connectivity index (χ2v) is 4.70. The van der Waals surface area contributed by atoms with Crippen LogP contribution in [0.5, 0.6) is 0 Å². The molecule has 0 aliphatic rings. The largest absolute Gasteiger partial charge is 0.317 e. The predicted molar refractivity (Wildman–Crippen MR) is 69.1 cm³/mol. The highest BCUT2D eigenvalue weighted by Gasteiger charge is 1.87.